The highest BCUT2D eigenvalue weighted by molar-refractivity contribution is 7.83. The lowest BCUT2D eigenvalue weighted by Crippen LogP contribution is -2.50. The van der Waals surface area contributed by atoms with Crippen LogP contribution in [-0.4, -0.2) is 56.9 Å². The molecule has 3 aromatic rings. The fourth-order valence-corrected chi connectivity index (χ4v) is 7.30. The molecule has 6 rings (SSSR count). The zero-order valence-electron chi connectivity index (χ0n) is 21.2. The minimum absolute atomic E-state index is 0.253. The van der Waals surface area contributed by atoms with Gasteiger partial charge >= 0.3 is 0 Å². The van der Waals surface area contributed by atoms with E-state index in [1.54, 1.807) is 17.5 Å². The second kappa shape index (κ2) is 10.5. The maximum Gasteiger partial charge on any atom is 0.160 e. The molecule has 190 valence electrons. The van der Waals surface area contributed by atoms with E-state index in [4.69, 9.17) is 0 Å². The highest BCUT2D eigenvalue weighted by atomic mass is 32.2. The molecular weight excluding hydrogens is 466 g/mol. The monoisotopic (exact) mass is 503 g/mol. The maximum absolute atomic E-state index is 12.6. The number of hydrogen-bond donors (Lipinski definition) is 1. The van der Waals surface area contributed by atoms with E-state index in [2.05, 4.69) is 68.0 Å². The molecule has 0 amide bonds. The van der Waals surface area contributed by atoms with Crippen LogP contribution < -0.4 is 9.62 Å². The number of imidazole rings is 1. The predicted molar refractivity (Wildman–Crippen MR) is 146 cm³/mol. The molecule has 2 saturated heterocycles. The van der Waals surface area contributed by atoms with Gasteiger partial charge in [0.05, 0.1) is 6.33 Å². The van der Waals surface area contributed by atoms with Crippen LogP contribution in [0, 0.1) is 0 Å². The first kappa shape index (κ1) is 23.9. The predicted octanol–water partition coefficient (Wildman–Crippen LogP) is 4.05. The van der Waals surface area contributed by atoms with Crippen molar-refractivity contribution in [2.45, 2.75) is 61.6 Å². The molecule has 2 fully saturated rings. The van der Waals surface area contributed by atoms with Gasteiger partial charge in [-0.05, 0) is 80.4 Å². The van der Waals surface area contributed by atoms with Crippen LogP contribution in [-0.2, 0) is 30.9 Å². The molecule has 0 radical (unpaired) electrons. The van der Waals surface area contributed by atoms with Crippen molar-refractivity contribution in [3.8, 4) is 0 Å². The minimum atomic E-state index is -1.25. The van der Waals surface area contributed by atoms with Crippen molar-refractivity contribution in [1.29, 1.82) is 0 Å². The van der Waals surface area contributed by atoms with Gasteiger partial charge in [0.2, 0.25) is 0 Å². The van der Waals surface area contributed by atoms with Crippen molar-refractivity contribution in [2.75, 3.05) is 31.1 Å². The van der Waals surface area contributed by atoms with Gasteiger partial charge in [-0.15, -0.1) is 0 Å². The molecular formula is C29H37N5OS. The zero-order valence-corrected chi connectivity index (χ0v) is 22.0. The van der Waals surface area contributed by atoms with Gasteiger partial charge in [0.25, 0.3) is 0 Å². The molecule has 1 N–H and O–H groups in total. The average molecular weight is 504 g/mol. The van der Waals surface area contributed by atoms with E-state index >= 15 is 0 Å². The van der Waals surface area contributed by atoms with E-state index in [1.165, 1.54) is 43.6 Å². The number of nitrogens with zero attached hydrogens (tertiary/aromatic N) is 4. The molecule has 0 spiro atoms. The smallest absolute Gasteiger partial charge is 0.160 e. The third-order valence-corrected chi connectivity index (χ3v) is 9.50. The number of anilines is 1. The van der Waals surface area contributed by atoms with Crippen LogP contribution >= 0.6 is 0 Å². The summed E-state index contributed by atoms with van der Waals surface area (Å²) in [4.78, 5) is 9.48. The van der Waals surface area contributed by atoms with Crippen molar-refractivity contribution in [1.82, 2.24) is 19.2 Å². The maximum atomic E-state index is 12.6. The van der Waals surface area contributed by atoms with Crippen molar-refractivity contribution in [2.24, 2.45) is 7.05 Å². The summed E-state index contributed by atoms with van der Waals surface area (Å²) in [5.41, 5.74) is 5.90. The zero-order chi connectivity index (χ0) is 24.5. The van der Waals surface area contributed by atoms with E-state index in [0.717, 1.165) is 32.4 Å². The molecule has 3 heterocycles. The quantitative estimate of drug-likeness (QED) is 0.529. The van der Waals surface area contributed by atoms with Crippen LogP contribution in [0.25, 0.3) is 0 Å². The number of hydrogen-bond acceptors (Lipinski definition) is 4. The first-order valence-electron chi connectivity index (χ1n) is 13.5. The molecule has 3 aliphatic rings. The van der Waals surface area contributed by atoms with E-state index < -0.39 is 11.0 Å². The third kappa shape index (κ3) is 5.01. The van der Waals surface area contributed by atoms with Crippen LogP contribution in [0.15, 0.2) is 66.1 Å². The second-order valence-corrected chi connectivity index (χ2v) is 11.9. The Hall–Kier alpha value is -2.48. The number of likely N-dealkylation sites (tertiary alicyclic amines) is 1. The molecule has 3 unspecified atom stereocenters. The Balaban J connectivity index is 1.17. The molecule has 7 heteroatoms. The Morgan fingerprint density at radius 2 is 1.83 bits per heavy atom. The van der Waals surface area contributed by atoms with Gasteiger partial charge in [0.1, 0.15) is 11.0 Å². The van der Waals surface area contributed by atoms with E-state index in [1.807, 2.05) is 17.8 Å². The molecule has 36 heavy (non-hydrogen) atoms. The van der Waals surface area contributed by atoms with Gasteiger partial charge in [-0.1, -0.05) is 36.4 Å². The Morgan fingerprint density at radius 3 is 2.53 bits per heavy atom. The molecule has 1 aromatic heterocycles. The lowest BCUT2D eigenvalue weighted by Gasteiger charge is -2.46. The second-order valence-electron chi connectivity index (χ2n) is 10.7. The number of rotatable bonds is 7. The van der Waals surface area contributed by atoms with Crippen LogP contribution in [0.3, 0.4) is 0 Å². The van der Waals surface area contributed by atoms with Crippen molar-refractivity contribution in [3.63, 3.8) is 0 Å². The van der Waals surface area contributed by atoms with Crippen LogP contribution in [0.1, 0.15) is 48.3 Å². The number of nitrogens with one attached hydrogen (secondary N) is 1. The van der Waals surface area contributed by atoms with Crippen molar-refractivity contribution >= 4 is 16.7 Å². The lowest BCUT2D eigenvalue weighted by atomic mass is 9.74. The van der Waals surface area contributed by atoms with E-state index in [-0.39, 0.29) is 6.04 Å². The summed E-state index contributed by atoms with van der Waals surface area (Å²) >= 11 is 0. The SMILES string of the molecule is Cn1cnc(S(=O)NC2CCN(c3ccc4c(c3)C(Cc3ccccc3)C(N3CCC3)CC4)CC2)c1. The largest absolute Gasteiger partial charge is 0.371 e. The van der Waals surface area contributed by atoms with Crippen molar-refractivity contribution in [3.05, 3.63) is 77.7 Å². The Kier molecular flexibility index (Phi) is 6.96. The Labute approximate surface area is 217 Å². The summed E-state index contributed by atoms with van der Waals surface area (Å²) in [6, 6.07) is 19.2. The number of aromatic nitrogens is 2. The summed E-state index contributed by atoms with van der Waals surface area (Å²) in [7, 11) is 0.653. The average Bonchev–Trinajstić information content (AvgIpc) is 3.32. The van der Waals surface area contributed by atoms with Gasteiger partial charge < -0.3 is 9.47 Å². The Morgan fingerprint density at radius 1 is 1.03 bits per heavy atom. The minimum Gasteiger partial charge on any atom is -0.371 e. The first-order valence-corrected chi connectivity index (χ1v) is 14.6. The standard InChI is InChI=1S/C29H37N5OS/c1-32-20-29(30-21-32)36(35)31-24-12-16-33(17-13-24)25-10-8-23-9-11-28(34-14-5-15-34)27(26(23)19-25)18-22-6-3-2-4-7-22/h2-4,6-8,10,19-21,24,27-28,31H,5,9,11-18H2,1H3. The highest BCUT2D eigenvalue weighted by Gasteiger charge is 2.36. The summed E-state index contributed by atoms with van der Waals surface area (Å²) < 4.78 is 17.8. The van der Waals surface area contributed by atoms with E-state index in [0.29, 0.717) is 17.0 Å². The molecule has 0 saturated carbocycles. The van der Waals surface area contributed by atoms with Gasteiger partial charge in [-0.2, -0.15) is 0 Å². The van der Waals surface area contributed by atoms with Crippen molar-refractivity contribution < 1.29 is 4.21 Å². The van der Waals surface area contributed by atoms with Gasteiger partial charge in [0, 0.05) is 50.0 Å². The molecule has 1 aliphatic carbocycles. The molecule has 2 aliphatic heterocycles. The Bertz CT molecular complexity index is 1200. The fourth-order valence-electron chi connectivity index (χ4n) is 6.24. The number of fused-ring (bicyclic) bond motifs is 1. The number of piperidine rings is 1. The molecule has 0 bridgehead atoms. The van der Waals surface area contributed by atoms with E-state index in [9.17, 15) is 4.21 Å². The summed E-state index contributed by atoms with van der Waals surface area (Å²) in [5, 5.41) is 0.607. The summed E-state index contributed by atoms with van der Waals surface area (Å²) in [5.74, 6) is 0.552. The summed E-state index contributed by atoms with van der Waals surface area (Å²) in [6.07, 6.45) is 10.4. The highest BCUT2D eigenvalue weighted by Crippen LogP contribution is 2.40. The molecule has 6 nitrogen and oxygen atoms in total. The van der Waals surface area contributed by atoms with Gasteiger partial charge in [-0.25, -0.2) is 13.9 Å². The van der Waals surface area contributed by atoms with Gasteiger partial charge in [-0.3, -0.25) is 4.90 Å². The first-order chi connectivity index (χ1) is 17.6. The normalized spacial score (nSPS) is 23.8. The number of aryl methyl sites for hydroxylation is 2. The summed E-state index contributed by atoms with van der Waals surface area (Å²) in [6.45, 7) is 4.47. The van der Waals surface area contributed by atoms with Gasteiger partial charge in [0.15, 0.2) is 5.03 Å². The lowest BCUT2D eigenvalue weighted by molar-refractivity contribution is 0.0877. The molecule has 3 atom stereocenters. The third-order valence-electron chi connectivity index (χ3n) is 8.37. The topological polar surface area (TPSA) is 53.4 Å². The fraction of sp³-hybridized carbons (Fsp3) is 0.483. The van der Waals surface area contributed by atoms with Crippen LogP contribution in [0.2, 0.25) is 0 Å². The van der Waals surface area contributed by atoms with Crippen LogP contribution in [0.4, 0.5) is 5.69 Å². The number of benzene rings is 2. The molecule has 2 aromatic carbocycles. The van der Waals surface area contributed by atoms with Crippen LogP contribution in [0.5, 0.6) is 0 Å².